The van der Waals surface area contributed by atoms with E-state index in [-0.39, 0.29) is 35.5 Å². The summed E-state index contributed by atoms with van der Waals surface area (Å²) in [6.07, 6.45) is 4.26. The van der Waals surface area contributed by atoms with Gasteiger partial charge in [-0.25, -0.2) is 4.98 Å². The van der Waals surface area contributed by atoms with Crippen LogP contribution in [0, 0.1) is 0 Å². The van der Waals surface area contributed by atoms with Gasteiger partial charge in [0.05, 0.1) is 18.1 Å². The van der Waals surface area contributed by atoms with Crippen molar-refractivity contribution in [3.63, 3.8) is 0 Å². The third kappa shape index (κ3) is 6.71. The van der Waals surface area contributed by atoms with Crippen molar-refractivity contribution in [3.8, 4) is 0 Å². The van der Waals surface area contributed by atoms with Crippen LogP contribution in [0.2, 0.25) is 0 Å². The lowest BCUT2D eigenvalue weighted by atomic mass is 10.1. The van der Waals surface area contributed by atoms with E-state index in [1.165, 1.54) is 5.56 Å². The second-order valence-corrected chi connectivity index (χ2v) is 9.00. The SMILES string of the molecule is CC1(C)CN(C(=O)[C@@H](N)Cc2cn(Cc3ccccc3)cn2)CCS1.Cl.Cl. The summed E-state index contributed by atoms with van der Waals surface area (Å²) in [6.45, 7) is 6.66. The molecular formula is C19H28Cl2N4OS. The molecule has 1 aromatic carbocycles. The van der Waals surface area contributed by atoms with Crippen LogP contribution in [0.25, 0.3) is 0 Å². The molecule has 1 amide bonds. The van der Waals surface area contributed by atoms with Gasteiger partial charge in [-0.2, -0.15) is 11.8 Å². The summed E-state index contributed by atoms with van der Waals surface area (Å²) in [4.78, 5) is 19.0. The number of carbonyl (C=O) groups excluding carboxylic acids is 1. The highest BCUT2D eigenvalue weighted by Gasteiger charge is 2.32. The molecule has 5 nitrogen and oxygen atoms in total. The summed E-state index contributed by atoms with van der Waals surface area (Å²) in [5, 5.41) is 0. The van der Waals surface area contributed by atoms with E-state index in [9.17, 15) is 4.79 Å². The lowest BCUT2D eigenvalue weighted by Gasteiger charge is -2.38. The summed E-state index contributed by atoms with van der Waals surface area (Å²) in [5.41, 5.74) is 8.27. The highest BCUT2D eigenvalue weighted by atomic mass is 35.5. The van der Waals surface area contributed by atoms with Crippen molar-refractivity contribution >= 4 is 42.5 Å². The normalized spacial score (nSPS) is 16.8. The molecule has 3 rings (SSSR count). The molecule has 1 saturated heterocycles. The van der Waals surface area contributed by atoms with Crippen molar-refractivity contribution in [2.75, 3.05) is 18.8 Å². The minimum atomic E-state index is -0.529. The highest BCUT2D eigenvalue weighted by Crippen LogP contribution is 2.29. The number of amides is 1. The van der Waals surface area contributed by atoms with E-state index in [2.05, 4.69) is 31.0 Å². The Bertz CT molecular complexity index is 724. The molecule has 0 bridgehead atoms. The van der Waals surface area contributed by atoms with Crippen LogP contribution in [0.3, 0.4) is 0 Å². The maximum atomic E-state index is 12.6. The first-order valence-corrected chi connectivity index (χ1v) is 9.64. The van der Waals surface area contributed by atoms with E-state index in [1.807, 2.05) is 45.6 Å². The van der Waals surface area contributed by atoms with Gasteiger partial charge in [0, 0.05) is 42.8 Å². The first-order valence-electron chi connectivity index (χ1n) is 8.66. The van der Waals surface area contributed by atoms with Crippen LogP contribution in [0.4, 0.5) is 0 Å². The van der Waals surface area contributed by atoms with Gasteiger partial charge in [0.1, 0.15) is 0 Å². The van der Waals surface area contributed by atoms with Crippen LogP contribution in [0.1, 0.15) is 25.1 Å². The van der Waals surface area contributed by atoms with Crippen molar-refractivity contribution in [1.29, 1.82) is 0 Å². The van der Waals surface area contributed by atoms with Crippen molar-refractivity contribution in [3.05, 3.63) is 54.1 Å². The van der Waals surface area contributed by atoms with Gasteiger partial charge in [-0.05, 0) is 19.4 Å². The Hall–Kier alpha value is -1.21. The van der Waals surface area contributed by atoms with Gasteiger partial charge >= 0.3 is 0 Å². The van der Waals surface area contributed by atoms with Crippen LogP contribution in [0.5, 0.6) is 0 Å². The average Bonchev–Trinajstić information content (AvgIpc) is 3.01. The largest absolute Gasteiger partial charge is 0.339 e. The molecule has 0 spiro atoms. The number of rotatable bonds is 5. The fourth-order valence-corrected chi connectivity index (χ4v) is 4.26. The third-order valence-electron chi connectivity index (χ3n) is 4.38. The molecule has 0 aliphatic carbocycles. The quantitative estimate of drug-likeness (QED) is 0.791. The number of thioether (sulfide) groups is 1. The van der Waals surface area contributed by atoms with Crippen molar-refractivity contribution in [2.24, 2.45) is 5.73 Å². The molecular weight excluding hydrogens is 403 g/mol. The zero-order chi connectivity index (χ0) is 17.9. The van der Waals surface area contributed by atoms with Crippen molar-refractivity contribution in [2.45, 2.75) is 37.6 Å². The molecule has 2 heterocycles. The molecule has 150 valence electrons. The molecule has 8 heteroatoms. The number of benzene rings is 1. The first-order chi connectivity index (χ1) is 11.9. The smallest absolute Gasteiger partial charge is 0.239 e. The minimum Gasteiger partial charge on any atom is -0.339 e. The molecule has 0 saturated carbocycles. The van der Waals surface area contributed by atoms with Gasteiger partial charge in [0.15, 0.2) is 0 Å². The van der Waals surface area contributed by atoms with E-state index < -0.39 is 6.04 Å². The van der Waals surface area contributed by atoms with Gasteiger partial charge in [0.25, 0.3) is 0 Å². The van der Waals surface area contributed by atoms with E-state index in [4.69, 9.17) is 5.73 Å². The van der Waals surface area contributed by atoms with Crippen LogP contribution in [-0.4, -0.2) is 50.0 Å². The first kappa shape index (κ1) is 23.8. The van der Waals surface area contributed by atoms with E-state index in [0.717, 1.165) is 31.1 Å². The Morgan fingerprint density at radius 1 is 1.30 bits per heavy atom. The number of nitrogens with zero attached hydrogens (tertiary/aromatic N) is 3. The van der Waals surface area contributed by atoms with Crippen LogP contribution in [-0.2, 0) is 17.8 Å². The number of imidazole rings is 1. The molecule has 1 aliphatic rings. The Kier molecular flexibility index (Phi) is 9.15. The second-order valence-electron chi connectivity index (χ2n) is 7.20. The maximum absolute atomic E-state index is 12.6. The lowest BCUT2D eigenvalue weighted by Crippen LogP contribution is -2.52. The molecule has 2 aromatic rings. The van der Waals surface area contributed by atoms with Crippen LogP contribution >= 0.6 is 36.6 Å². The van der Waals surface area contributed by atoms with Crippen LogP contribution in [0.15, 0.2) is 42.9 Å². The van der Waals surface area contributed by atoms with Gasteiger partial charge in [-0.1, -0.05) is 30.3 Å². The lowest BCUT2D eigenvalue weighted by molar-refractivity contribution is -0.132. The van der Waals surface area contributed by atoms with E-state index in [1.54, 1.807) is 6.33 Å². The monoisotopic (exact) mass is 430 g/mol. The molecule has 1 fully saturated rings. The van der Waals surface area contributed by atoms with E-state index in [0.29, 0.717) is 6.42 Å². The third-order valence-corrected chi connectivity index (χ3v) is 5.68. The summed E-state index contributed by atoms with van der Waals surface area (Å²) in [5.74, 6) is 1.00. The summed E-state index contributed by atoms with van der Waals surface area (Å²) in [7, 11) is 0. The standard InChI is InChI=1S/C19H26N4OS.2ClH/c1-19(2)13-23(8-9-25-19)18(24)17(20)10-16-12-22(14-21-16)11-15-6-4-3-5-7-15;;/h3-7,12,14,17H,8-11,13,20H2,1-2H3;2*1H/t17-;;/m0../s1. The Morgan fingerprint density at radius 3 is 2.67 bits per heavy atom. The number of halogens is 2. The Labute approximate surface area is 177 Å². The Balaban J connectivity index is 0.00000182. The van der Waals surface area contributed by atoms with Gasteiger partial charge < -0.3 is 15.2 Å². The minimum absolute atomic E-state index is 0. The molecule has 1 aliphatic heterocycles. The zero-order valence-electron chi connectivity index (χ0n) is 15.7. The number of hydrogen-bond acceptors (Lipinski definition) is 4. The van der Waals surface area contributed by atoms with Gasteiger partial charge in [-0.15, -0.1) is 24.8 Å². The number of carbonyl (C=O) groups is 1. The molecule has 1 atom stereocenters. The van der Waals surface area contributed by atoms with Crippen molar-refractivity contribution in [1.82, 2.24) is 14.5 Å². The topological polar surface area (TPSA) is 64.2 Å². The molecule has 0 radical (unpaired) electrons. The second kappa shape index (κ2) is 10.4. The summed E-state index contributed by atoms with van der Waals surface area (Å²) < 4.78 is 2.13. The summed E-state index contributed by atoms with van der Waals surface area (Å²) in [6, 6.07) is 9.71. The molecule has 2 N–H and O–H groups in total. The van der Waals surface area contributed by atoms with E-state index >= 15 is 0 Å². The number of aromatic nitrogens is 2. The summed E-state index contributed by atoms with van der Waals surface area (Å²) >= 11 is 1.91. The fourth-order valence-electron chi connectivity index (χ4n) is 3.14. The maximum Gasteiger partial charge on any atom is 0.239 e. The highest BCUT2D eigenvalue weighted by molar-refractivity contribution is 8.00. The molecule has 0 unspecified atom stereocenters. The number of nitrogens with two attached hydrogens (primary N) is 1. The van der Waals surface area contributed by atoms with Crippen molar-refractivity contribution < 1.29 is 4.79 Å². The van der Waals surface area contributed by atoms with Gasteiger partial charge in [-0.3, -0.25) is 4.79 Å². The van der Waals surface area contributed by atoms with Gasteiger partial charge in [0.2, 0.25) is 5.91 Å². The zero-order valence-corrected chi connectivity index (χ0v) is 18.2. The molecule has 27 heavy (non-hydrogen) atoms. The van der Waals surface area contributed by atoms with Crippen LogP contribution < -0.4 is 5.73 Å². The predicted molar refractivity (Wildman–Crippen MR) is 117 cm³/mol. The molecule has 1 aromatic heterocycles. The average molecular weight is 431 g/mol. The fraction of sp³-hybridized carbons (Fsp3) is 0.474. The number of hydrogen-bond donors (Lipinski definition) is 1. The predicted octanol–water partition coefficient (Wildman–Crippen LogP) is 3.00. The Morgan fingerprint density at radius 2 is 2.00 bits per heavy atom.